The van der Waals surface area contributed by atoms with Crippen molar-refractivity contribution in [3.8, 4) is 11.4 Å². The summed E-state index contributed by atoms with van der Waals surface area (Å²) in [6.07, 6.45) is 0. The van der Waals surface area contributed by atoms with Crippen molar-refractivity contribution in [2.75, 3.05) is 0 Å². The highest BCUT2D eigenvalue weighted by Crippen LogP contribution is 2.31. The Bertz CT molecular complexity index is 747. The Hall–Kier alpha value is -0.910. The molecule has 0 radical (unpaired) electrons. The number of H-pyrrole nitrogens is 1. The van der Waals surface area contributed by atoms with Gasteiger partial charge < -0.3 is 4.98 Å². The van der Waals surface area contributed by atoms with Gasteiger partial charge in [-0.25, -0.2) is 9.37 Å². The lowest BCUT2D eigenvalue weighted by Gasteiger charge is -2.00. The molecule has 0 saturated carbocycles. The number of nitrogens with zero attached hydrogens (tertiary/aromatic N) is 1. The van der Waals surface area contributed by atoms with Gasteiger partial charge in [-0.3, -0.25) is 0 Å². The molecule has 96 valence electrons. The zero-order valence-electron chi connectivity index (χ0n) is 9.35. The Morgan fingerprint density at radius 2 is 1.89 bits per heavy atom. The van der Waals surface area contributed by atoms with Gasteiger partial charge in [-0.1, -0.05) is 27.5 Å². The molecule has 0 saturated heterocycles. The first kappa shape index (κ1) is 13.1. The predicted molar refractivity (Wildman–Crippen MR) is 81.9 cm³/mol. The Morgan fingerprint density at radius 3 is 2.68 bits per heavy atom. The van der Waals surface area contributed by atoms with Crippen LogP contribution in [-0.4, -0.2) is 9.97 Å². The fourth-order valence-electron chi connectivity index (χ4n) is 1.81. The lowest BCUT2D eigenvalue weighted by atomic mass is 10.2. The highest BCUT2D eigenvalue weighted by Gasteiger charge is 2.11. The molecule has 0 aliphatic rings. The van der Waals surface area contributed by atoms with Crippen molar-refractivity contribution in [1.82, 2.24) is 9.97 Å². The van der Waals surface area contributed by atoms with Crippen LogP contribution in [0.3, 0.4) is 0 Å². The standard InChI is InChI=1S/C13H6Br2ClFN2/c14-8-2-1-6(16)3-7(8)13-18-11-4-9(15)10(17)5-12(11)19-13/h1-5H,(H,18,19). The van der Waals surface area contributed by atoms with Crippen molar-refractivity contribution in [3.63, 3.8) is 0 Å². The van der Waals surface area contributed by atoms with Gasteiger partial charge in [-0.15, -0.1) is 0 Å². The molecule has 0 aliphatic carbocycles. The van der Waals surface area contributed by atoms with E-state index in [4.69, 9.17) is 11.6 Å². The Kier molecular flexibility index (Phi) is 3.37. The number of aromatic nitrogens is 2. The van der Waals surface area contributed by atoms with Crippen LogP contribution in [0.1, 0.15) is 0 Å². The summed E-state index contributed by atoms with van der Waals surface area (Å²) in [7, 11) is 0. The van der Waals surface area contributed by atoms with Gasteiger partial charge >= 0.3 is 0 Å². The van der Waals surface area contributed by atoms with Crippen molar-refractivity contribution in [2.24, 2.45) is 0 Å². The summed E-state index contributed by atoms with van der Waals surface area (Å²) in [5.74, 6) is 0.315. The van der Waals surface area contributed by atoms with E-state index in [1.54, 1.807) is 18.2 Å². The van der Waals surface area contributed by atoms with Gasteiger partial charge in [-0.2, -0.15) is 0 Å². The SMILES string of the molecule is Fc1cc2[nH]c(-c3cc(Cl)ccc3Br)nc2cc1Br. The number of nitrogens with one attached hydrogen (secondary N) is 1. The lowest BCUT2D eigenvalue weighted by Crippen LogP contribution is -1.82. The molecule has 19 heavy (non-hydrogen) atoms. The van der Waals surface area contributed by atoms with E-state index in [0.29, 0.717) is 26.4 Å². The molecule has 0 atom stereocenters. The summed E-state index contributed by atoms with van der Waals surface area (Å²) >= 11 is 12.6. The van der Waals surface area contributed by atoms with Crippen LogP contribution in [0, 0.1) is 5.82 Å². The number of halogens is 4. The highest BCUT2D eigenvalue weighted by molar-refractivity contribution is 9.10. The maximum Gasteiger partial charge on any atom is 0.139 e. The average molecular weight is 404 g/mol. The second-order valence-corrected chi connectivity index (χ2v) is 6.14. The second kappa shape index (κ2) is 4.89. The number of hydrogen-bond acceptors (Lipinski definition) is 1. The topological polar surface area (TPSA) is 28.7 Å². The summed E-state index contributed by atoms with van der Waals surface area (Å²) in [5, 5.41) is 0.617. The van der Waals surface area contributed by atoms with E-state index < -0.39 is 0 Å². The van der Waals surface area contributed by atoms with Crippen LogP contribution >= 0.6 is 43.5 Å². The molecule has 0 bridgehead atoms. The highest BCUT2D eigenvalue weighted by atomic mass is 79.9. The minimum atomic E-state index is -0.326. The molecule has 1 N–H and O–H groups in total. The number of aromatic amines is 1. The maximum absolute atomic E-state index is 13.5. The Labute approximate surface area is 130 Å². The van der Waals surface area contributed by atoms with Crippen LogP contribution < -0.4 is 0 Å². The normalized spacial score (nSPS) is 11.2. The average Bonchev–Trinajstić information content (AvgIpc) is 2.75. The largest absolute Gasteiger partial charge is 0.338 e. The quantitative estimate of drug-likeness (QED) is 0.566. The molecule has 3 aromatic rings. The molecule has 0 amide bonds. The van der Waals surface area contributed by atoms with Crippen LogP contribution in [0.25, 0.3) is 22.4 Å². The van der Waals surface area contributed by atoms with Gasteiger partial charge in [0, 0.05) is 21.1 Å². The first-order valence-corrected chi connectivity index (χ1v) is 7.31. The van der Waals surface area contributed by atoms with Gasteiger partial charge in [0.15, 0.2) is 0 Å². The lowest BCUT2D eigenvalue weighted by molar-refractivity contribution is 0.623. The van der Waals surface area contributed by atoms with E-state index in [1.807, 2.05) is 6.07 Å². The van der Waals surface area contributed by atoms with Gasteiger partial charge in [0.05, 0.1) is 15.5 Å². The van der Waals surface area contributed by atoms with Crippen molar-refractivity contribution in [3.05, 3.63) is 50.1 Å². The molecule has 0 fully saturated rings. The summed E-state index contributed by atoms with van der Waals surface area (Å²) in [6, 6.07) is 8.49. The summed E-state index contributed by atoms with van der Waals surface area (Å²) in [5.41, 5.74) is 2.16. The Morgan fingerprint density at radius 1 is 1.11 bits per heavy atom. The Balaban J connectivity index is 2.23. The van der Waals surface area contributed by atoms with Crippen LogP contribution in [-0.2, 0) is 0 Å². The molecule has 2 aromatic carbocycles. The molecule has 0 spiro atoms. The first-order valence-electron chi connectivity index (χ1n) is 5.35. The number of rotatable bonds is 1. The van der Waals surface area contributed by atoms with Crippen LogP contribution in [0.15, 0.2) is 39.3 Å². The van der Waals surface area contributed by atoms with E-state index in [9.17, 15) is 4.39 Å². The molecule has 0 unspecified atom stereocenters. The van der Waals surface area contributed by atoms with E-state index in [0.717, 1.165) is 10.0 Å². The maximum atomic E-state index is 13.5. The number of hydrogen-bond donors (Lipinski definition) is 1. The molecule has 3 rings (SSSR count). The number of benzene rings is 2. The summed E-state index contributed by atoms with van der Waals surface area (Å²) < 4.78 is 14.7. The van der Waals surface area contributed by atoms with E-state index in [1.165, 1.54) is 6.07 Å². The van der Waals surface area contributed by atoms with E-state index >= 15 is 0 Å². The van der Waals surface area contributed by atoms with Gasteiger partial charge in [-0.05, 0) is 40.2 Å². The molecule has 6 heteroatoms. The van der Waals surface area contributed by atoms with Crippen molar-refractivity contribution in [2.45, 2.75) is 0 Å². The zero-order chi connectivity index (χ0) is 13.6. The van der Waals surface area contributed by atoms with E-state index in [2.05, 4.69) is 41.8 Å². The fourth-order valence-corrected chi connectivity index (χ4v) is 2.75. The van der Waals surface area contributed by atoms with Crippen molar-refractivity contribution in [1.29, 1.82) is 0 Å². The summed E-state index contributed by atoms with van der Waals surface area (Å²) in [6.45, 7) is 0. The number of imidazole rings is 1. The van der Waals surface area contributed by atoms with Crippen molar-refractivity contribution >= 4 is 54.5 Å². The molecule has 1 heterocycles. The molecular formula is C13H6Br2ClFN2. The summed E-state index contributed by atoms with van der Waals surface area (Å²) in [4.78, 5) is 7.53. The van der Waals surface area contributed by atoms with Crippen molar-refractivity contribution < 1.29 is 4.39 Å². The van der Waals surface area contributed by atoms with Gasteiger partial charge in [0.25, 0.3) is 0 Å². The van der Waals surface area contributed by atoms with Crippen LogP contribution in [0.2, 0.25) is 5.02 Å². The minimum absolute atomic E-state index is 0.326. The van der Waals surface area contributed by atoms with Gasteiger partial charge in [0.1, 0.15) is 11.6 Å². The third kappa shape index (κ3) is 2.42. The molecular weight excluding hydrogens is 398 g/mol. The number of fused-ring (bicyclic) bond motifs is 1. The first-order chi connectivity index (χ1) is 9.04. The smallest absolute Gasteiger partial charge is 0.139 e. The fraction of sp³-hybridized carbons (Fsp3) is 0. The van der Waals surface area contributed by atoms with Crippen LogP contribution in [0.5, 0.6) is 0 Å². The minimum Gasteiger partial charge on any atom is -0.338 e. The third-order valence-electron chi connectivity index (χ3n) is 2.71. The van der Waals surface area contributed by atoms with Crippen LogP contribution in [0.4, 0.5) is 4.39 Å². The zero-order valence-corrected chi connectivity index (χ0v) is 13.3. The second-order valence-electron chi connectivity index (χ2n) is 3.99. The predicted octanol–water partition coefficient (Wildman–Crippen LogP) is 5.55. The third-order valence-corrected chi connectivity index (χ3v) is 4.24. The molecule has 1 aromatic heterocycles. The monoisotopic (exact) mass is 402 g/mol. The van der Waals surface area contributed by atoms with E-state index in [-0.39, 0.29) is 5.82 Å². The molecule has 2 nitrogen and oxygen atoms in total. The van der Waals surface area contributed by atoms with Gasteiger partial charge in [0.2, 0.25) is 0 Å². The molecule has 0 aliphatic heterocycles.